The van der Waals surface area contributed by atoms with Crippen LogP contribution < -0.4 is 11.5 Å². The summed E-state index contributed by atoms with van der Waals surface area (Å²) < 4.78 is 5.76. The molecule has 0 aliphatic carbocycles. The predicted octanol–water partition coefficient (Wildman–Crippen LogP) is 4.59. The first kappa shape index (κ1) is 31.4. The van der Waals surface area contributed by atoms with Crippen molar-refractivity contribution in [1.82, 2.24) is 0 Å². The van der Waals surface area contributed by atoms with E-state index in [1.807, 2.05) is 11.8 Å². The molecule has 4 atom stereocenters. The Morgan fingerprint density at radius 3 is 2.34 bits per heavy atom. The van der Waals surface area contributed by atoms with Gasteiger partial charge in [-0.3, -0.25) is 4.79 Å². The molecule has 0 bridgehead atoms. The van der Waals surface area contributed by atoms with Crippen LogP contribution in [0.1, 0.15) is 104 Å². The number of nitrogens with two attached hydrogens (primary N) is 2. The highest BCUT2D eigenvalue weighted by Crippen LogP contribution is 2.23. The third kappa shape index (κ3) is 17.9. The van der Waals surface area contributed by atoms with Crippen LogP contribution in [0.25, 0.3) is 0 Å². The van der Waals surface area contributed by atoms with Crippen LogP contribution in [0, 0.1) is 5.92 Å². The van der Waals surface area contributed by atoms with Crippen LogP contribution in [0.3, 0.4) is 0 Å². The van der Waals surface area contributed by atoms with Gasteiger partial charge in [0, 0.05) is 30.4 Å². The van der Waals surface area contributed by atoms with Crippen molar-refractivity contribution in [2.45, 2.75) is 121 Å². The second-order valence-electron chi connectivity index (χ2n) is 8.81. The molecule has 0 aliphatic rings. The zero-order chi connectivity index (χ0) is 24.0. The maximum atomic E-state index is 12.4. The van der Waals surface area contributed by atoms with Crippen LogP contribution in [0.15, 0.2) is 0 Å². The summed E-state index contributed by atoms with van der Waals surface area (Å²) in [6.45, 7) is 5.77. The highest BCUT2D eigenvalue weighted by Gasteiger charge is 2.18. The average molecular weight is 475 g/mol. The van der Waals surface area contributed by atoms with E-state index < -0.39 is 0 Å². The summed E-state index contributed by atoms with van der Waals surface area (Å²) in [5.74, 6) is 1.38. The van der Waals surface area contributed by atoms with Gasteiger partial charge in [-0.25, -0.2) is 0 Å². The Balaban J connectivity index is 4.30. The summed E-state index contributed by atoms with van der Waals surface area (Å²) >= 11 is 1.88. The molecule has 32 heavy (non-hydrogen) atoms. The van der Waals surface area contributed by atoms with E-state index in [1.165, 1.54) is 0 Å². The molecule has 7 heteroatoms. The van der Waals surface area contributed by atoms with Crippen molar-refractivity contribution in [2.24, 2.45) is 17.4 Å². The fourth-order valence-corrected chi connectivity index (χ4v) is 4.97. The van der Waals surface area contributed by atoms with Crippen LogP contribution in [-0.2, 0) is 14.3 Å². The fourth-order valence-electron chi connectivity index (χ4n) is 3.96. The molecule has 0 aromatic heterocycles. The number of ether oxygens (including phenoxy) is 1. The summed E-state index contributed by atoms with van der Waals surface area (Å²) in [7, 11) is 0. The maximum Gasteiger partial charge on any atom is 0.306 e. The van der Waals surface area contributed by atoms with Gasteiger partial charge in [0.25, 0.3) is 0 Å². The molecular formula is C25H50N2O4S. The van der Waals surface area contributed by atoms with Gasteiger partial charge in [0.1, 0.15) is 12.4 Å². The van der Waals surface area contributed by atoms with E-state index in [0.717, 1.165) is 82.8 Å². The third-order valence-corrected chi connectivity index (χ3v) is 7.62. The number of hydrogen-bond acceptors (Lipinski definition) is 7. The molecule has 0 spiro atoms. The Morgan fingerprint density at radius 1 is 0.938 bits per heavy atom. The highest BCUT2D eigenvalue weighted by atomic mass is 32.2. The standard InChI is InChI=1S/C25H50N2O4S/c1-3-21(9-8-17-26)13-14-22(29)10-7-12-25(30)31-23(11-5-6-19-28)15-16-24(4-2)32-20-18-27/h19,21-24,29H,3-18,20,26-27H2,1-2H3. The van der Waals surface area contributed by atoms with Crippen LogP contribution in [0.5, 0.6) is 0 Å². The maximum absolute atomic E-state index is 12.4. The summed E-state index contributed by atoms with van der Waals surface area (Å²) in [4.78, 5) is 23.0. The van der Waals surface area contributed by atoms with Crippen molar-refractivity contribution in [2.75, 3.05) is 18.8 Å². The lowest BCUT2D eigenvalue weighted by Crippen LogP contribution is -2.21. The van der Waals surface area contributed by atoms with Gasteiger partial charge in [0.05, 0.1) is 6.10 Å². The molecule has 0 aliphatic heterocycles. The van der Waals surface area contributed by atoms with E-state index in [4.69, 9.17) is 16.2 Å². The summed E-state index contributed by atoms with van der Waals surface area (Å²) in [6.07, 6.45) is 12.0. The van der Waals surface area contributed by atoms with Crippen molar-refractivity contribution < 1.29 is 19.4 Å². The highest BCUT2D eigenvalue weighted by molar-refractivity contribution is 7.99. The Labute approximate surface area is 201 Å². The molecule has 4 unspecified atom stereocenters. The van der Waals surface area contributed by atoms with Crippen molar-refractivity contribution in [1.29, 1.82) is 0 Å². The largest absolute Gasteiger partial charge is 0.462 e. The van der Waals surface area contributed by atoms with Gasteiger partial charge in [-0.05, 0) is 83.1 Å². The molecule has 0 aromatic carbocycles. The summed E-state index contributed by atoms with van der Waals surface area (Å²) in [5.41, 5.74) is 11.2. The lowest BCUT2D eigenvalue weighted by Gasteiger charge is -2.21. The van der Waals surface area contributed by atoms with Crippen LogP contribution in [-0.4, -0.2) is 53.7 Å². The number of hydrogen-bond donors (Lipinski definition) is 3. The minimum absolute atomic E-state index is 0.132. The number of thioether (sulfide) groups is 1. The van der Waals surface area contributed by atoms with Crippen molar-refractivity contribution >= 4 is 24.0 Å². The monoisotopic (exact) mass is 474 g/mol. The first-order valence-corrected chi connectivity index (χ1v) is 13.9. The Bertz CT molecular complexity index is 454. The number of esters is 1. The molecule has 0 heterocycles. The van der Waals surface area contributed by atoms with E-state index in [-0.39, 0.29) is 18.2 Å². The topological polar surface area (TPSA) is 116 Å². The lowest BCUT2D eigenvalue weighted by molar-refractivity contribution is -0.150. The van der Waals surface area contributed by atoms with Gasteiger partial charge in [-0.15, -0.1) is 0 Å². The molecule has 5 N–H and O–H groups in total. The smallest absolute Gasteiger partial charge is 0.306 e. The predicted molar refractivity (Wildman–Crippen MR) is 136 cm³/mol. The van der Waals surface area contributed by atoms with E-state index in [9.17, 15) is 14.7 Å². The SMILES string of the molecule is CCC(CCCN)CCC(O)CCCC(=O)OC(CCCC=O)CCC(CC)SCCN. The van der Waals surface area contributed by atoms with Gasteiger partial charge in [-0.1, -0.05) is 20.3 Å². The zero-order valence-corrected chi connectivity index (χ0v) is 21.5. The normalized spacial score (nSPS) is 15.2. The van der Waals surface area contributed by atoms with Crippen LogP contribution in [0.4, 0.5) is 0 Å². The average Bonchev–Trinajstić information content (AvgIpc) is 2.79. The van der Waals surface area contributed by atoms with Crippen LogP contribution >= 0.6 is 11.8 Å². The number of carbonyl (C=O) groups is 2. The first-order valence-electron chi connectivity index (χ1n) is 12.8. The zero-order valence-electron chi connectivity index (χ0n) is 20.6. The number of carbonyl (C=O) groups excluding carboxylic acids is 2. The number of rotatable bonds is 23. The molecule has 0 amide bonds. The number of aldehydes is 1. The molecule has 6 nitrogen and oxygen atoms in total. The van der Waals surface area contributed by atoms with Gasteiger partial charge >= 0.3 is 5.97 Å². The van der Waals surface area contributed by atoms with E-state index in [2.05, 4.69) is 13.8 Å². The van der Waals surface area contributed by atoms with Crippen molar-refractivity contribution in [3.63, 3.8) is 0 Å². The van der Waals surface area contributed by atoms with Gasteiger partial charge in [0.15, 0.2) is 0 Å². The summed E-state index contributed by atoms with van der Waals surface area (Å²) in [5, 5.41) is 10.8. The van der Waals surface area contributed by atoms with E-state index in [0.29, 0.717) is 43.4 Å². The third-order valence-electron chi connectivity index (χ3n) is 6.10. The second kappa shape index (κ2) is 22.2. The minimum Gasteiger partial charge on any atom is -0.462 e. The Hall–Kier alpha value is -0.630. The lowest BCUT2D eigenvalue weighted by atomic mass is 9.92. The molecule has 0 rings (SSSR count). The first-order chi connectivity index (χ1) is 15.5. The van der Waals surface area contributed by atoms with E-state index >= 15 is 0 Å². The molecule has 0 radical (unpaired) electrons. The number of aliphatic hydroxyl groups is 1. The molecule has 0 fully saturated rings. The Kier molecular flexibility index (Phi) is 21.7. The van der Waals surface area contributed by atoms with Crippen molar-refractivity contribution in [3.8, 4) is 0 Å². The molecule has 0 saturated carbocycles. The quantitative estimate of drug-likeness (QED) is 0.113. The molecule has 0 saturated heterocycles. The fraction of sp³-hybridized carbons (Fsp3) is 0.920. The van der Waals surface area contributed by atoms with Gasteiger partial charge < -0.3 is 26.1 Å². The van der Waals surface area contributed by atoms with Crippen molar-refractivity contribution in [3.05, 3.63) is 0 Å². The van der Waals surface area contributed by atoms with E-state index in [1.54, 1.807) is 0 Å². The molecule has 0 aromatic rings. The molecular weight excluding hydrogens is 424 g/mol. The van der Waals surface area contributed by atoms with Crippen LogP contribution in [0.2, 0.25) is 0 Å². The molecule has 190 valence electrons. The summed E-state index contributed by atoms with van der Waals surface area (Å²) in [6, 6.07) is 0. The van der Waals surface area contributed by atoms with Gasteiger partial charge in [0.2, 0.25) is 0 Å². The minimum atomic E-state index is -0.358. The van der Waals surface area contributed by atoms with Gasteiger partial charge in [-0.2, -0.15) is 11.8 Å². The second-order valence-corrected chi connectivity index (χ2v) is 10.2. The number of unbranched alkanes of at least 4 members (excludes halogenated alkanes) is 1. The number of aliphatic hydroxyl groups excluding tert-OH is 1. The Morgan fingerprint density at radius 2 is 1.72 bits per heavy atom.